The van der Waals surface area contributed by atoms with Crippen molar-refractivity contribution in [3.8, 4) is 11.5 Å². The number of rotatable bonds is 10. The van der Waals surface area contributed by atoms with E-state index in [2.05, 4.69) is 22.1 Å². The monoisotopic (exact) mass is 455 g/mol. The first kappa shape index (κ1) is 22.6. The Hall–Kier alpha value is -2.54. The van der Waals surface area contributed by atoms with Gasteiger partial charge in [0.2, 0.25) is 0 Å². The summed E-state index contributed by atoms with van der Waals surface area (Å²) in [6, 6.07) is 17.5. The van der Waals surface area contributed by atoms with Crippen LogP contribution in [0.1, 0.15) is 24.8 Å². The first-order valence-corrected chi connectivity index (χ1v) is 11.5. The molecule has 32 heavy (non-hydrogen) atoms. The van der Waals surface area contributed by atoms with Crippen LogP contribution in [0.25, 0.3) is 0 Å². The van der Waals surface area contributed by atoms with Crippen LogP contribution >= 0.6 is 11.6 Å². The first-order valence-electron chi connectivity index (χ1n) is 11.1. The summed E-state index contributed by atoms with van der Waals surface area (Å²) in [5.41, 5.74) is 0.411. The van der Waals surface area contributed by atoms with Crippen LogP contribution in [-0.4, -0.2) is 51.7 Å². The Labute approximate surface area is 194 Å². The molecule has 1 aliphatic heterocycles. The van der Waals surface area contributed by atoms with E-state index >= 15 is 0 Å². The van der Waals surface area contributed by atoms with Gasteiger partial charge in [-0.2, -0.15) is 5.10 Å². The van der Waals surface area contributed by atoms with Gasteiger partial charge in [-0.3, -0.25) is 9.58 Å². The van der Waals surface area contributed by atoms with Gasteiger partial charge in [-0.05, 0) is 54.8 Å². The molecule has 4 rings (SSSR count). The van der Waals surface area contributed by atoms with Crippen LogP contribution in [0, 0.1) is 0 Å². The van der Waals surface area contributed by atoms with Gasteiger partial charge in [-0.25, -0.2) is 0 Å². The molecular weight excluding hydrogens is 426 g/mol. The number of piperidine rings is 1. The molecule has 0 aliphatic carbocycles. The average Bonchev–Trinajstić information content (AvgIpc) is 3.31. The van der Waals surface area contributed by atoms with E-state index in [1.54, 1.807) is 12.3 Å². The Morgan fingerprint density at radius 3 is 2.53 bits per heavy atom. The first-order chi connectivity index (χ1) is 15.6. The van der Waals surface area contributed by atoms with E-state index in [9.17, 15) is 5.11 Å². The fraction of sp³-hybridized carbons (Fsp3) is 0.400. The van der Waals surface area contributed by atoms with Gasteiger partial charge in [0.25, 0.3) is 0 Å². The highest BCUT2D eigenvalue weighted by Gasteiger charge is 2.33. The van der Waals surface area contributed by atoms with Crippen molar-refractivity contribution < 1.29 is 14.6 Å². The standard InChI is InChI=1S/C25H30ClN3O3/c26-22-6-2-8-24(18-22)32-20-25(30)9-14-28(15-10-25)19-21-5-1-7-23(17-21)31-16-4-13-29-12-3-11-27-29/h1-3,5-8,11-12,17-18,30H,4,9-10,13-16,19-20H2. The molecule has 6 nitrogen and oxygen atoms in total. The van der Waals surface area contributed by atoms with Gasteiger partial charge < -0.3 is 14.6 Å². The quantitative estimate of drug-likeness (QED) is 0.459. The number of aliphatic hydroxyl groups is 1. The molecule has 0 saturated carbocycles. The van der Waals surface area contributed by atoms with Crippen molar-refractivity contribution in [2.45, 2.75) is 38.0 Å². The smallest absolute Gasteiger partial charge is 0.120 e. The number of nitrogens with zero attached hydrogens (tertiary/aromatic N) is 3. The maximum atomic E-state index is 10.9. The third-order valence-corrected chi connectivity index (χ3v) is 5.99. The maximum Gasteiger partial charge on any atom is 0.120 e. The highest BCUT2D eigenvalue weighted by molar-refractivity contribution is 6.30. The normalized spacial score (nSPS) is 16.1. The lowest BCUT2D eigenvalue weighted by Crippen LogP contribution is -2.47. The van der Waals surface area contributed by atoms with Crippen molar-refractivity contribution >= 4 is 11.6 Å². The Morgan fingerprint density at radius 2 is 1.78 bits per heavy atom. The highest BCUT2D eigenvalue weighted by Crippen LogP contribution is 2.26. The minimum Gasteiger partial charge on any atom is -0.494 e. The van der Waals surface area contributed by atoms with Crippen LogP contribution in [0.3, 0.4) is 0 Å². The second-order valence-corrected chi connectivity index (χ2v) is 8.80. The van der Waals surface area contributed by atoms with Gasteiger partial charge in [0.1, 0.15) is 23.7 Å². The molecule has 0 radical (unpaired) electrons. The maximum absolute atomic E-state index is 10.9. The van der Waals surface area contributed by atoms with Gasteiger partial charge in [0, 0.05) is 50.0 Å². The molecule has 0 amide bonds. The third kappa shape index (κ3) is 6.73. The zero-order valence-corrected chi connectivity index (χ0v) is 19.0. The fourth-order valence-corrected chi connectivity index (χ4v) is 4.07. The molecule has 1 fully saturated rings. The van der Waals surface area contributed by atoms with Crippen LogP contribution in [0.15, 0.2) is 67.0 Å². The number of halogens is 1. The lowest BCUT2D eigenvalue weighted by Gasteiger charge is -2.38. The van der Waals surface area contributed by atoms with Crippen molar-refractivity contribution in [3.63, 3.8) is 0 Å². The summed E-state index contributed by atoms with van der Waals surface area (Å²) in [4.78, 5) is 2.37. The summed E-state index contributed by atoms with van der Waals surface area (Å²) in [7, 11) is 0. The van der Waals surface area contributed by atoms with Gasteiger partial charge in [0.15, 0.2) is 0 Å². The molecule has 2 heterocycles. The van der Waals surface area contributed by atoms with Gasteiger partial charge in [-0.15, -0.1) is 0 Å². The highest BCUT2D eigenvalue weighted by atomic mass is 35.5. The lowest BCUT2D eigenvalue weighted by atomic mass is 9.92. The molecule has 7 heteroatoms. The van der Waals surface area contributed by atoms with E-state index in [1.807, 2.05) is 47.3 Å². The largest absolute Gasteiger partial charge is 0.494 e. The molecule has 0 unspecified atom stereocenters. The SMILES string of the molecule is OC1(COc2cccc(Cl)c2)CCN(Cc2cccc(OCCCn3cccn3)c2)CC1. The molecule has 2 aromatic carbocycles. The third-order valence-electron chi connectivity index (χ3n) is 5.75. The number of aryl methyl sites for hydroxylation is 1. The van der Waals surface area contributed by atoms with E-state index in [-0.39, 0.29) is 6.61 Å². The number of aromatic nitrogens is 2. The number of hydrogen-bond donors (Lipinski definition) is 1. The molecule has 1 N–H and O–H groups in total. The van der Waals surface area contributed by atoms with Crippen molar-refractivity contribution in [2.75, 3.05) is 26.3 Å². The van der Waals surface area contributed by atoms with Crippen LogP contribution in [-0.2, 0) is 13.1 Å². The Morgan fingerprint density at radius 1 is 1.00 bits per heavy atom. The molecule has 3 aromatic rings. The fourth-order valence-electron chi connectivity index (χ4n) is 3.89. The van der Waals surface area contributed by atoms with E-state index in [0.29, 0.717) is 30.2 Å². The minimum atomic E-state index is -0.807. The van der Waals surface area contributed by atoms with Crippen LogP contribution in [0.2, 0.25) is 5.02 Å². The molecule has 0 spiro atoms. The van der Waals surface area contributed by atoms with Crippen LogP contribution < -0.4 is 9.47 Å². The molecule has 1 aromatic heterocycles. The lowest BCUT2D eigenvalue weighted by molar-refractivity contribution is -0.0537. The minimum absolute atomic E-state index is 0.281. The Balaban J connectivity index is 1.20. The van der Waals surface area contributed by atoms with E-state index < -0.39 is 5.60 Å². The van der Waals surface area contributed by atoms with Crippen molar-refractivity contribution in [1.82, 2.24) is 14.7 Å². The molecule has 1 saturated heterocycles. The second-order valence-electron chi connectivity index (χ2n) is 8.37. The van der Waals surface area contributed by atoms with E-state index in [0.717, 1.165) is 38.3 Å². The van der Waals surface area contributed by atoms with Crippen LogP contribution in [0.5, 0.6) is 11.5 Å². The van der Waals surface area contributed by atoms with E-state index in [4.69, 9.17) is 21.1 Å². The molecule has 0 bridgehead atoms. The Kier molecular flexibility index (Phi) is 7.68. The van der Waals surface area contributed by atoms with E-state index in [1.165, 1.54) is 5.56 Å². The summed E-state index contributed by atoms with van der Waals surface area (Å²) in [5, 5.41) is 15.7. The zero-order chi connectivity index (χ0) is 22.2. The topological polar surface area (TPSA) is 59.8 Å². The van der Waals surface area contributed by atoms with Crippen molar-refractivity contribution in [3.05, 3.63) is 77.6 Å². The van der Waals surface area contributed by atoms with Crippen molar-refractivity contribution in [2.24, 2.45) is 0 Å². The van der Waals surface area contributed by atoms with Gasteiger partial charge >= 0.3 is 0 Å². The molecule has 170 valence electrons. The van der Waals surface area contributed by atoms with Crippen molar-refractivity contribution in [1.29, 1.82) is 0 Å². The zero-order valence-electron chi connectivity index (χ0n) is 18.2. The van der Waals surface area contributed by atoms with Gasteiger partial charge in [-0.1, -0.05) is 29.8 Å². The summed E-state index contributed by atoms with van der Waals surface area (Å²) < 4.78 is 13.6. The number of ether oxygens (including phenoxy) is 2. The Bertz CT molecular complexity index is 972. The number of hydrogen-bond acceptors (Lipinski definition) is 5. The average molecular weight is 456 g/mol. The molecule has 0 atom stereocenters. The summed E-state index contributed by atoms with van der Waals surface area (Å²) in [6.45, 7) is 4.28. The summed E-state index contributed by atoms with van der Waals surface area (Å²) in [5.74, 6) is 1.58. The summed E-state index contributed by atoms with van der Waals surface area (Å²) >= 11 is 6.00. The molecule has 1 aliphatic rings. The second kappa shape index (κ2) is 10.9. The van der Waals surface area contributed by atoms with Crippen LogP contribution in [0.4, 0.5) is 0 Å². The predicted molar refractivity (Wildman–Crippen MR) is 125 cm³/mol. The number of likely N-dealkylation sites (tertiary alicyclic amines) is 1. The predicted octanol–water partition coefficient (Wildman–Crippen LogP) is 4.41. The summed E-state index contributed by atoms with van der Waals surface area (Å²) in [6.07, 6.45) is 6.02. The molecular formula is C25H30ClN3O3. The van der Waals surface area contributed by atoms with Gasteiger partial charge in [0.05, 0.1) is 6.61 Å². The number of benzene rings is 2.